The summed E-state index contributed by atoms with van der Waals surface area (Å²) >= 11 is 0. The van der Waals surface area contributed by atoms with Crippen LogP contribution < -0.4 is 0 Å². The molecule has 6 aromatic rings. The summed E-state index contributed by atoms with van der Waals surface area (Å²) in [4.78, 5) is 0. The minimum Gasteiger partial charge on any atom is -0.0619 e. The molecule has 0 radical (unpaired) electrons. The normalized spacial score (nSPS) is 13.6. The third-order valence-corrected chi connectivity index (χ3v) is 8.79. The van der Waals surface area contributed by atoms with Crippen molar-refractivity contribution in [3.05, 3.63) is 167 Å². The summed E-state index contributed by atoms with van der Waals surface area (Å²) < 4.78 is 0. The van der Waals surface area contributed by atoms with Crippen LogP contribution in [0.5, 0.6) is 0 Å². The molecule has 0 N–H and O–H groups in total. The molecule has 0 fully saturated rings. The topological polar surface area (TPSA) is 0 Å². The van der Waals surface area contributed by atoms with Gasteiger partial charge in [-0.2, -0.15) is 0 Å². The summed E-state index contributed by atoms with van der Waals surface area (Å²) in [6.07, 6.45) is 0. The Morgan fingerprint density at radius 3 is 1.21 bits per heavy atom. The van der Waals surface area contributed by atoms with Crippen LogP contribution in [-0.4, -0.2) is 0 Å². The Balaban J connectivity index is 1.48. The Morgan fingerprint density at radius 1 is 0.333 bits per heavy atom. The van der Waals surface area contributed by atoms with Crippen LogP contribution in [-0.2, 0) is 5.41 Å². The third-order valence-electron chi connectivity index (χ3n) is 8.79. The molecule has 6 aromatic carbocycles. The summed E-state index contributed by atoms with van der Waals surface area (Å²) in [5, 5.41) is 0. The van der Waals surface area contributed by atoms with Gasteiger partial charge < -0.3 is 0 Å². The van der Waals surface area contributed by atoms with Crippen LogP contribution in [0.1, 0.15) is 33.4 Å². The Morgan fingerprint density at radius 2 is 0.744 bits per heavy atom. The molecule has 0 unspecified atom stereocenters. The third kappa shape index (κ3) is 3.06. The minimum absolute atomic E-state index is 0.350. The molecule has 0 nitrogen and oxygen atoms in total. The summed E-state index contributed by atoms with van der Waals surface area (Å²) in [5.74, 6) is 0. The van der Waals surface area contributed by atoms with E-state index in [4.69, 9.17) is 0 Å². The van der Waals surface area contributed by atoms with Crippen molar-refractivity contribution in [2.75, 3.05) is 0 Å². The summed E-state index contributed by atoms with van der Waals surface area (Å²) in [6, 6.07) is 50.1. The van der Waals surface area contributed by atoms with Gasteiger partial charge in [0.15, 0.2) is 0 Å². The molecule has 1 spiro atoms. The van der Waals surface area contributed by atoms with Crippen molar-refractivity contribution in [3.8, 4) is 44.5 Å². The fraction of sp³-hybridized carbons (Fsp3) is 0.0769. The zero-order valence-corrected chi connectivity index (χ0v) is 22.2. The first-order valence-corrected chi connectivity index (χ1v) is 13.8. The largest absolute Gasteiger partial charge is 0.0725 e. The Labute approximate surface area is 230 Å². The molecular formula is C39H28. The van der Waals surface area contributed by atoms with E-state index in [-0.39, 0.29) is 5.41 Å². The highest BCUT2D eigenvalue weighted by Crippen LogP contribution is 2.63. The molecule has 0 bridgehead atoms. The minimum atomic E-state index is -0.350. The molecule has 2 aliphatic rings. The molecule has 2 aliphatic carbocycles. The highest BCUT2D eigenvalue weighted by molar-refractivity contribution is 5.96. The van der Waals surface area contributed by atoms with Gasteiger partial charge in [0.1, 0.15) is 0 Å². The van der Waals surface area contributed by atoms with Gasteiger partial charge in [-0.25, -0.2) is 0 Å². The maximum atomic E-state index is 2.47. The zero-order valence-electron chi connectivity index (χ0n) is 22.2. The molecular weight excluding hydrogens is 468 g/mol. The number of fused-ring (bicyclic) bond motifs is 10. The van der Waals surface area contributed by atoms with E-state index in [0.29, 0.717) is 0 Å². The second kappa shape index (κ2) is 8.16. The maximum absolute atomic E-state index is 2.47. The lowest BCUT2D eigenvalue weighted by molar-refractivity contribution is 0.794. The van der Waals surface area contributed by atoms with E-state index in [0.717, 1.165) is 0 Å². The first kappa shape index (κ1) is 22.3. The molecule has 39 heavy (non-hydrogen) atoms. The lowest BCUT2D eigenvalue weighted by Crippen LogP contribution is -2.26. The van der Waals surface area contributed by atoms with Crippen LogP contribution in [0.25, 0.3) is 44.5 Å². The highest BCUT2D eigenvalue weighted by Gasteiger charge is 2.51. The first-order valence-electron chi connectivity index (χ1n) is 13.8. The van der Waals surface area contributed by atoms with Gasteiger partial charge in [-0.3, -0.25) is 0 Å². The van der Waals surface area contributed by atoms with Gasteiger partial charge >= 0.3 is 0 Å². The van der Waals surface area contributed by atoms with Crippen LogP contribution in [0.15, 0.2) is 133 Å². The Bertz CT molecular complexity index is 1790. The molecule has 0 heterocycles. The molecule has 0 aliphatic heterocycles. The van der Waals surface area contributed by atoms with E-state index >= 15 is 0 Å². The molecule has 0 atom stereocenters. The van der Waals surface area contributed by atoms with Crippen LogP contribution in [0, 0.1) is 13.8 Å². The second-order valence-corrected chi connectivity index (χ2v) is 11.1. The number of hydrogen-bond acceptors (Lipinski definition) is 0. The van der Waals surface area contributed by atoms with Gasteiger partial charge in [0, 0.05) is 0 Å². The van der Waals surface area contributed by atoms with Gasteiger partial charge in [-0.1, -0.05) is 132 Å². The Hall–Kier alpha value is -4.68. The molecule has 0 saturated heterocycles. The van der Waals surface area contributed by atoms with E-state index in [2.05, 4.69) is 147 Å². The molecule has 0 heteroatoms. The van der Waals surface area contributed by atoms with Crippen molar-refractivity contribution in [3.63, 3.8) is 0 Å². The number of hydrogen-bond donors (Lipinski definition) is 0. The lowest BCUT2D eigenvalue weighted by Gasteiger charge is -2.31. The fourth-order valence-corrected chi connectivity index (χ4v) is 7.15. The smallest absolute Gasteiger partial charge is 0.0619 e. The summed E-state index contributed by atoms with van der Waals surface area (Å²) in [7, 11) is 0. The van der Waals surface area contributed by atoms with Crippen molar-refractivity contribution in [2.24, 2.45) is 0 Å². The predicted molar refractivity (Wildman–Crippen MR) is 163 cm³/mol. The van der Waals surface area contributed by atoms with Crippen molar-refractivity contribution < 1.29 is 0 Å². The van der Waals surface area contributed by atoms with E-state index in [1.54, 1.807) is 0 Å². The fourth-order valence-electron chi connectivity index (χ4n) is 7.15. The average Bonchev–Trinajstić information content (AvgIpc) is 3.44. The maximum Gasteiger partial charge on any atom is 0.0725 e. The van der Waals surface area contributed by atoms with Crippen molar-refractivity contribution in [1.82, 2.24) is 0 Å². The van der Waals surface area contributed by atoms with Crippen molar-refractivity contribution in [2.45, 2.75) is 19.3 Å². The van der Waals surface area contributed by atoms with Crippen molar-refractivity contribution in [1.29, 1.82) is 0 Å². The Kier molecular flexibility index (Phi) is 4.67. The summed E-state index contributed by atoms with van der Waals surface area (Å²) in [6.45, 7) is 4.34. The van der Waals surface area contributed by atoms with E-state index in [9.17, 15) is 0 Å². The van der Waals surface area contributed by atoms with E-state index in [1.807, 2.05) is 0 Å². The summed E-state index contributed by atoms with van der Waals surface area (Å²) in [5.41, 5.74) is 18.2. The number of aryl methyl sites for hydroxylation is 2. The molecule has 184 valence electrons. The van der Waals surface area contributed by atoms with Gasteiger partial charge in [0.05, 0.1) is 5.41 Å². The molecule has 8 rings (SSSR count). The van der Waals surface area contributed by atoms with Crippen LogP contribution in [0.4, 0.5) is 0 Å². The van der Waals surface area contributed by atoms with E-state index < -0.39 is 0 Å². The monoisotopic (exact) mass is 496 g/mol. The average molecular weight is 497 g/mol. The molecule has 0 aromatic heterocycles. The second-order valence-electron chi connectivity index (χ2n) is 11.1. The highest BCUT2D eigenvalue weighted by atomic mass is 14.5. The quantitative estimate of drug-likeness (QED) is 0.223. The van der Waals surface area contributed by atoms with Crippen molar-refractivity contribution >= 4 is 0 Å². The number of benzene rings is 6. The van der Waals surface area contributed by atoms with Gasteiger partial charge in [0.2, 0.25) is 0 Å². The lowest BCUT2D eigenvalue weighted by atomic mass is 9.70. The number of rotatable bonds is 2. The molecule has 0 amide bonds. The predicted octanol–water partition coefficient (Wildman–Crippen LogP) is 9.98. The van der Waals surface area contributed by atoms with Crippen LogP contribution >= 0.6 is 0 Å². The van der Waals surface area contributed by atoms with Gasteiger partial charge in [-0.05, 0) is 92.7 Å². The van der Waals surface area contributed by atoms with Gasteiger partial charge in [0.25, 0.3) is 0 Å². The van der Waals surface area contributed by atoms with E-state index in [1.165, 1.54) is 77.9 Å². The zero-order chi connectivity index (χ0) is 26.1. The standard InChI is InChI=1S/C39H28/c1-25-9-7-11-27(21-25)29-17-19-33-34-20-18-30(28-12-8-10-26(2)22-28)24-38(34)39(37(33)23-29)35-15-5-3-13-31(35)32-14-4-6-16-36(32)39/h3-24H,1-2H3. The van der Waals surface area contributed by atoms with Crippen LogP contribution in [0.2, 0.25) is 0 Å². The molecule has 0 saturated carbocycles. The van der Waals surface area contributed by atoms with Gasteiger partial charge in [-0.15, -0.1) is 0 Å². The SMILES string of the molecule is Cc1cccc(-c2ccc3c(c2)C2(c4ccccc4-c4ccccc42)c2cc(-c4cccc(C)c4)ccc2-3)c1. The van der Waals surface area contributed by atoms with Crippen LogP contribution in [0.3, 0.4) is 0 Å². The first-order chi connectivity index (χ1) is 19.1.